The van der Waals surface area contributed by atoms with Gasteiger partial charge in [0.15, 0.2) is 0 Å². The van der Waals surface area contributed by atoms with Crippen LogP contribution in [0.1, 0.15) is 37.7 Å². The Kier molecular flexibility index (Phi) is 3.20. The molecule has 2 N–H and O–H groups in total. The van der Waals surface area contributed by atoms with E-state index in [1.807, 2.05) is 30.3 Å². The number of rotatable bonds is 2. The highest BCUT2D eigenvalue weighted by atomic mass is 16.3. The Morgan fingerprint density at radius 2 is 1.76 bits per heavy atom. The average Bonchev–Trinajstić information content (AvgIpc) is 2.82. The second-order valence-electron chi connectivity index (χ2n) is 6.45. The van der Waals surface area contributed by atoms with Gasteiger partial charge in [0.05, 0.1) is 5.52 Å². The van der Waals surface area contributed by atoms with E-state index in [0.29, 0.717) is 5.52 Å². The van der Waals surface area contributed by atoms with Crippen molar-refractivity contribution in [1.82, 2.24) is 9.97 Å². The van der Waals surface area contributed by atoms with Crippen LogP contribution in [0.5, 0.6) is 5.75 Å². The van der Waals surface area contributed by atoms with Crippen molar-refractivity contribution in [2.75, 3.05) is 0 Å². The van der Waals surface area contributed by atoms with E-state index in [-0.39, 0.29) is 11.2 Å². The summed E-state index contributed by atoms with van der Waals surface area (Å²) in [5, 5.41) is 10.5. The molecule has 0 fully saturated rings. The number of phenolic OH excluding ortho intramolecular Hbond substituents is 1. The zero-order valence-corrected chi connectivity index (χ0v) is 12.6. The number of aromatic hydroxyl groups is 1. The topological polar surface area (TPSA) is 48.9 Å². The molecule has 21 heavy (non-hydrogen) atoms. The Labute approximate surface area is 124 Å². The van der Waals surface area contributed by atoms with Crippen LogP contribution in [-0.2, 0) is 11.8 Å². The predicted octanol–water partition coefficient (Wildman–Crippen LogP) is 4.16. The number of fused-ring (bicyclic) bond motifs is 1. The van der Waals surface area contributed by atoms with E-state index in [4.69, 9.17) is 0 Å². The average molecular weight is 280 g/mol. The van der Waals surface area contributed by atoms with Crippen molar-refractivity contribution in [2.45, 2.75) is 32.6 Å². The van der Waals surface area contributed by atoms with Gasteiger partial charge in [0, 0.05) is 12.0 Å². The van der Waals surface area contributed by atoms with Gasteiger partial charge in [0.25, 0.3) is 0 Å². The fraction of sp³-hybridized carbons (Fsp3) is 0.278. The number of phenols is 1. The molecule has 0 aliphatic heterocycles. The molecule has 3 heteroatoms. The van der Waals surface area contributed by atoms with Gasteiger partial charge in [-0.05, 0) is 17.0 Å². The minimum absolute atomic E-state index is 0.100. The van der Waals surface area contributed by atoms with E-state index >= 15 is 0 Å². The molecule has 108 valence electrons. The second kappa shape index (κ2) is 4.92. The first-order chi connectivity index (χ1) is 9.95. The lowest BCUT2D eigenvalue weighted by atomic mass is 9.86. The molecule has 3 rings (SSSR count). The molecule has 3 aromatic rings. The zero-order chi connectivity index (χ0) is 15.0. The summed E-state index contributed by atoms with van der Waals surface area (Å²) in [6.07, 6.45) is 0.736. The highest BCUT2D eigenvalue weighted by molar-refractivity contribution is 5.83. The van der Waals surface area contributed by atoms with Crippen molar-refractivity contribution in [3.63, 3.8) is 0 Å². The third kappa shape index (κ3) is 2.64. The number of nitrogens with zero attached hydrogens (tertiary/aromatic N) is 1. The maximum atomic E-state index is 10.5. The van der Waals surface area contributed by atoms with Gasteiger partial charge in [-0.2, -0.15) is 0 Å². The maximum absolute atomic E-state index is 10.5. The standard InChI is InChI=1S/C18H20N2O/c1-18(2,3)13-9-10-14-16(17(13)21)20-15(19-14)11-12-7-5-4-6-8-12/h4-10,21H,11H2,1-3H3,(H,19,20). The summed E-state index contributed by atoms with van der Waals surface area (Å²) < 4.78 is 0. The summed E-state index contributed by atoms with van der Waals surface area (Å²) in [4.78, 5) is 7.87. The first-order valence-electron chi connectivity index (χ1n) is 7.20. The van der Waals surface area contributed by atoms with Crippen LogP contribution in [0.3, 0.4) is 0 Å². The Morgan fingerprint density at radius 3 is 2.43 bits per heavy atom. The van der Waals surface area contributed by atoms with Crippen LogP contribution in [0.25, 0.3) is 11.0 Å². The first-order valence-corrected chi connectivity index (χ1v) is 7.20. The van der Waals surface area contributed by atoms with Crippen molar-refractivity contribution < 1.29 is 5.11 Å². The molecule has 0 bridgehead atoms. The Balaban J connectivity index is 2.03. The molecule has 0 atom stereocenters. The van der Waals surface area contributed by atoms with E-state index in [9.17, 15) is 5.11 Å². The fourth-order valence-corrected chi connectivity index (χ4v) is 2.59. The number of benzene rings is 2. The van der Waals surface area contributed by atoms with E-state index in [0.717, 1.165) is 23.3 Å². The first kappa shape index (κ1) is 13.7. The molecule has 1 aromatic heterocycles. The van der Waals surface area contributed by atoms with Gasteiger partial charge < -0.3 is 10.1 Å². The Bertz CT molecular complexity index is 767. The molecule has 0 saturated heterocycles. The maximum Gasteiger partial charge on any atom is 0.147 e. The Morgan fingerprint density at radius 1 is 1.05 bits per heavy atom. The molecule has 0 aliphatic carbocycles. The molecule has 0 unspecified atom stereocenters. The van der Waals surface area contributed by atoms with Gasteiger partial charge in [-0.3, -0.25) is 0 Å². The van der Waals surface area contributed by atoms with Crippen molar-refractivity contribution in [3.8, 4) is 5.75 Å². The second-order valence-corrected chi connectivity index (χ2v) is 6.45. The van der Waals surface area contributed by atoms with Gasteiger partial charge in [0.1, 0.15) is 17.1 Å². The molecule has 0 saturated carbocycles. The molecule has 3 nitrogen and oxygen atoms in total. The van der Waals surface area contributed by atoms with Crippen LogP contribution in [0.4, 0.5) is 0 Å². The highest BCUT2D eigenvalue weighted by Gasteiger charge is 2.21. The third-order valence-corrected chi connectivity index (χ3v) is 3.70. The van der Waals surface area contributed by atoms with Crippen molar-refractivity contribution in [2.24, 2.45) is 0 Å². The number of hydrogen-bond acceptors (Lipinski definition) is 2. The number of aromatic nitrogens is 2. The number of nitrogens with one attached hydrogen (secondary N) is 1. The monoisotopic (exact) mass is 280 g/mol. The largest absolute Gasteiger partial charge is 0.505 e. The van der Waals surface area contributed by atoms with Crippen LogP contribution in [0.2, 0.25) is 0 Å². The Hall–Kier alpha value is -2.29. The van der Waals surface area contributed by atoms with E-state index in [2.05, 4.69) is 42.9 Å². The van der Waals surface area contributed by atoms with Crippen molar-refractivity contribution in [1.29, 1.82) is 0 Å². The minimum Gasteiger partial charge on any atom is -0.505 e. The quantitative estimate of drug-likeness (QED) is 0.740. The van der Waals surface area contributed by atoms with Crippen LogP contribution in [0, 0.1) is 0 Å². The van der Waals surface area contributed by atoms with E-state index < -0.39 is 0 Å². The summed E-state index contributed by atoms with van der Waals surface area (Å²) in [5.41, 5.74) is 3.57. The summed E-state index contributed by atoms with van der Waals surface area (Å²) in [5.74, 6) is 1.16. The fourth-order valence-electron chi connectivity index (χ4n) is 2.59. The number of hydrogen-bond donors (Lipinski definition) is 2. The van der Waals surface area contributed by atoms with Crippen molar-refractivity contribution in [3.05, 3.63) is 59.4 Å². The summed E-state index contributed by atoms with van der Waals surface area (Å²) in [6, 6.07) is 14.2. The van der Waals surface area contributed by atoms with Gasteiger partial charge >= 0.3 is 0 Å². The van der Waals surface area contributed by atoms with Gasteiger partial charge in [-0.15, -0.1) is 0 Å². The molecular formula is C18H20N2O. The molecule has 0 radical (unpaired) electrons. The van der Waals surface area contributed by atoms with Gasteiger partial charge in [-0.25, -0.2) is 4.98 Å². The predicted molar refractivity (Wildman–Crippen MR) is 85.7 cm³/mol. The lowest BCUT2D eigenvalue weighted by Crippen LogP contribution is -2.11. The summed E-state index contributed by atoms with van der Waals surface area (Å²) in [6.45, 7) is 6.27. The minimum atomic E-state index is -0.100. The van der Waals surface area contributed by atoms with Crippen LogP contribution in [-0.4, -0.2) is 15.1 Å². The smallest absolute Gasteiger partial charge is 0.147 e. The van der Waals surface area contributed by atoms with E-state index in [1.165, 1.54) is 5.56 Å². The number of aromatic amines is 1. The molecule has 0 spiro atoms. The van der Waals surface area contributed by atoms with Crippen molar-refractivity contribution >= 4 is 11.0 Å². The lowest BCUT2D eigenvalue weighted by Gasteiger charge is -2.20. The zero-order valence-electron chi connectivity index (χ0n) is 12.6. The molecular weight excluding hydrogens is 260 g/mol. The van der Waals surface area contributed by atoms with Crippen LogP contribution in [0.15, 0.2) is 42.5 Å². The molecule has 0 aliphatic rings. The molecule has 2 aromatic carbocycles. The van der Waals surface area contributed by atoms with Gasteiger partial charge in [0.2, 0.25) is 0 Å². The normalized spacial score (nSPS) is 12.0. The summed E-state index contributed by atoms with van der Waals surface area (Å²) >= 11 is 0. The molecule has 1 heterocycles. The lowest BCUT2D eigenvalue weighted by molar-refractivity contribution is 0.451. The number of H-pyrrole nitrogens is 1. The third-order valence-electron chi connectivity index (χ3n) is 3.70. The number of imidazole rings is 1. The van der Waals surface area contributed by atoms with Crippen LogP contribution < -0.4 is 0 Å². The summed E-state index contributed by atoms with van der Waals surface area (Å²) in [7, 11) is 0. The molecule has 0 amide bonds. The van der Waals surface area contributed by atoms with Gasteiger partial charge in [-0.1, -0.05) is 57.2 Å². The van der Waals surface area contributed by atoms with Crippen LogP contribution >= 0.6 is 0 Å². The van der Waals surface area contributed by atoms with E-state index in [1.54, 1.807) is 0 Å². The highest BCUT2D eigenvalue weighted by Crippen LogP contribution is 2.35. The SMILES string of the molecule is CC(C)(C)c1ccc2[nH]c(Cc3ccccc3)nc2c1O.